The molecule has 1 fully saturated rings. The standard InChI is InChI=1S/C29H37N7O3/c1-7-8-24(22-11-17(2)9-10-18(22)3)33-29(39)36-26(28(38)35(6)21-15-31-34(5)16-21)23(27(36)37)13-20-12-19(4)32-25(30)14-20/h9-12,14-16,23-24,26H,7-8,13H2,1-6H3,(H2,30,32)(H,33,39)/t23-,24-,26+/m1/s1. The molecule has 3 atom stereocenters. The Morgan fingerprint density at radius 2 is 1.92 bits per heavy atom. The minimum Gasteiger partial charge on any atom is -0.384 e. The molecule has 1 aliphatic heterocycles. The van der Waals surface area contributed by atoms with Crippen LogP contribution in [0.2, 0.25) is 0 Å². The van der Waals surface area contributed by atoms with E-state index in [4.69, 9.17) is 5.73 Å². The summed E-state index contributed by atoms with van der Waals surface area (Å²) in [5.41, 5.74) is 11.2. The monoisotopic (exact) mass is 531 g/mol. The maximum atomic E-state index is 13.8. The molecule has 206 valence electrons. The number of benzene rings is 1. The summed E-state index contributed by atoms with van der Waals surface area (Å²) in [7, 11) is 3.38. The lowest BCUT2D eigenvalue weighted by atomic mass is 9.81. The van der Waals surface area contributed by atoms with Gasteiger partial charge in [0.25, 0.3) is 5.91 Å². The van der Waals surface area contributed by atoms with Gasteiger partial charge in [0.1, 0.15) is 11.9 Å². The van der Waals surface area contributed by atoms with Gasteiger partial charge in [0.15, 0.2) is 0 Å². The van der Waals surface area contributed by atoms with E-state index in [1.165, 1.54) is 4.90 Å². The first-order valence-corrected chi connectivity index (χ1v) is 13.2. The predicted molar refractivity (Wildman–Crippen MR) is 150 cm³/mol. The van der Waals surface area contributed by atoms with Crippen LogP contribution in [0, 0.1) is 26.7 Å². The van der Waals surface area contributed by atoms with Crippen LogP contribution in [0.5, 0.6) is 0 Å². The summed E-state index contributed by atoms with van der Waals surface area (Å²) in [5, 5.41) is 7.20. The molecule has 1 saturated heterocycles. The second-order valence-corrected chi connectivity index (χ2v) is 10.4. The average molecular weight is 532 g/mol. The second kappa shape index (κ2) is 11.3. The van der Waals surface area contributed by atoms with E-state index in [0.717, 1.165) is 39.3 Å². The van der Waals surface area contributed by atoms with E-state index in [2.05, 4.69) is 21.5 Å². The summed E-state index contributed by atoms with van der Waals surface area (Å²) >= 11 is 0. The van der Waals surface area contributed by atoms with Gasteiger partial charge >= 0.3 is 6.03 Å². The summed E-state index contributed by atoms with van der Waals surface area (Å²) in [5.74, 6) is -1.12. The van der Waals surface area contributed by atoms with E-state index < -0.39 is 23.9 Å². The van der Waals surface area contributed by atoms with Crippen molar-refractivity contribution in [2.75, 3.05) is 17.7 Å². The van der Waals surface area contributed by atoms with Gasteiger partial charge in [-0.05, 0) is 62.4 Å². The fourth-order valence-corrected chi connectivity index (χ4v) is 5.25. The Balaban J connectivity index is 1.64. The van der Waals surface area contributed by atoms with Crippen molar-refractivity contribution in [3.8, 4) is 0 Å². The van der Waals surface area contributed by atoms with Gasteiger partial charge < -0.3 is 16.0 Å². The smallest absolute Gasteiger partial charge is 0.325 e. The number of aryl methyl sites for hydroxylation is 4. The van der Waals surface area contributed by atoms with E-state index in [1.54, 1.807) is 37.2 Å². The molecule has 0 bridgehead atoms. The van der Waals surface area contributed by atoms with Crippen molar-refractivity contribution in [2.24, 2.45) is 13.0 Å². The lowest BCUT2D eigenvalue weighted by Crippen LogP contribution is -2.70. The number of imide groups is 1. The number of rotatable bonds is 8. The molecule has 0 spiro atoms. The van der Waals surface area contributed by atoms with Gasteiger partial charge in [0.2, 0.25) is 5.91 Å². The average Bonchev–Trinajstić information content (AvgIpc) is 3.31. The third-order valence-corrected chi connectivity index (χ3v) is 7.27. The van der Waals surface area contributed by atoms with Crippen LogP contribution >= 0.6 is 0 Å². The first-order valence-electron chi connectivity index (χ1n) is 13.2. The number of likely N-dealkylation sites (N-methyl/N-ethyl adjacent to an activating group) is 1. The van der Waals surface area contributed by atoms with Gasteiger partial charge in [-0.3, -0.25) is 19.2 Å². The molecule has 39 heavy (non-hydrogen) atoms. The number of hydrogen-bond acceptors (Lipinski definition) is 6. The van der Waals surface area contributed by atoms with Crippen LogP contribution in [0.3, 0.4) is 0 Å². The minimum absolute atomic E-state index is 0.267. The van der Waals surface area contributed by atoms with Crippen LogP contribution in [0.25, 0.3) is 0 Å². The number of nitrogens with one attached hydrogen (secondary N) is 1. The Bertz CT molecular complexity index is 1380. The predicted octanol–water partition coefficient (Wildman–Crippen LogP) is 3.61. The Morgan fingerprint density at radius 1 is 1.18 bits per heavy atom. The number of β-lactam (4-membered cyclic amide) rings is 1. The van der Waals surface area contributed by atoms with Crippen LogP contribution in [-0.4, -0.2) is 50.6 Å². The molecule has 3 heterocycles. The quantitative estimate of drug-likeness (QED) is 0.428. The molecule has 1 aromatic carbocycles. The van der Waals surface area contributed by atoms with Crippen molar-refractivity contribution in [2.45, 2.75) is 59.0 Å². The summed E-state index contributed by atoms with van der Waals surface area (Å²) in [4.78, 5) is 47.6. The Kier molecular flexibility index (Phi) is 8.03. The van der Waals surface area contributed by atoms with Crippen molar-refractivity contribution in [1.29, 1.82) is 0 Å². The molecular formula is C29H37N7O3. The maximum Gasteiger partial charge on any atom is 0.325 e. The number of carbonyl (C=O) groups is 3. The zero-order valence-electron chi connectivity index (χ0n) is 23.4. The zero-order valence-corrected chi connectivity index (χ0v) is 23.4. The molecule has 10 heteroatoms. The second-order valence-electron chi connectivity index (χ2n) is 10.4. The highest BCUT2D eigenvalue weighted by Gasteiger charge is 2.55. The number of likely N-dealkylation sites (tertiary alicyclic amines) is 1. The number of carbonyl (C=O) groups excluding carboxylic acids is 3. The fraction of sp³-hybridized carbons (Fsp3) is 0.414. The number of pyridine rings is 1. The summed E-state index contributed by atoms with van der Waals surface area (Å²) in [6, 6.07) is 7.84. The van der Waals surface area contributed by atoms with Gasteiger partial charge in [-0.2, -0.15) is 5.10 Å². The zero-order chi connectivity index (χ0) is 28.4. The lowest BCUT2D eigenvalue weighted by molar-refractivity contribution is -0.156. The number of aromatic nitrogens is 3. The Hall–Kier alpha value is -4.21. The molecule has 0 aliphatic carbocycles. The molecular weight excluding hydrogens is 494 g/mol. The first kappa shape index (κ1) is 27.8. The number of nitrogens with zero attached hydrogens (tertiary/aromatic N) is 5. The van der Waals surface area contributed by atoms with Gasteiger partial charge in [-0.1, -0.05) is 37.1 Å². The molecule has 1 aliphatic rings. The highest BCUT2D eigenvalue weighted by molar-refractivity contribution is 6.12. The number of nitrogen functional groups attached to an aromatic ring is 1. The van der Waals surface area contributed by atoms with E-state index in [-0.39, 0.29) is 18.4 Å². The maximum absolute atomic E-state index is 13.8. The van der Waals surface area contributed by atoms with E-state index in [0.29, 0.717) is 17.9 Å². The fourth-order valence-electron chi connectivity index (χ4n) is 5.25. The molecule has 2 aromatic heterocycles. The Labute approximate surface area is 229 Å². The third kappa shape index (κ3) is 5.79. The molecule has 4 rings (SSSR count). The topological polar surface area (TPSA) is 126 Å². The van der Waals surface area contributed by atoms with Gasteiger partial charge in [-0.25, -0.2) is 9.78 Å². The van der Waals surface area contributed by atoms with Gasteiger partial charge in [0.05, 0.1) is 23.8 Å². The van der Waals surface area contributed by atoms with E-state index in [9.17, 15) is 14.4 Å². The van der Waals surface area contributed by atoms with Gasteiger partial charge in [0, 0.05) is 26.0 Å². The highest BCUT2D eigenvalue weighted by Crippen LogP contribution is 2.34. The van der Waals surface area contributed by atoms with Crippen LogP contribution in [0.1, 0.15) is 53.8 Å². The van der Waals surface area contributed by atoms with Crippen molar-refractivity contribution >= 4 is 29.4 Å². The molecule has 0 saturated carbocycles. The number of amides is 4. The van der Waals surface area contributed by atoms with Crippen LogP contribution in [0.15, 0.2) is 42.7 Å². The van der Waals surface area contributed by atoms with Gasteiger partial charge in [-0.15, -0.1) is 0 Å². The van der Waals surface area contributed by atoms with Crippen molar-refractivity contribution in [3.63, 3.8) is 0 Å². The van der Waals surface area contributed by atoms with Crippen molar-refractivity contribution < 1.29 is 14.4 Å². The third-order valence-electron chi connectivity index (χ3n) is 7.27. The first-order chi connectivity index (χ1) is 18.5. The van der Waals surface area contributed by atoms with Crippen LogP contribution in [0.4, 0.5) is 16.3 Å². The molecule has 0 radical (unpaired) electrons. The largest absolute Gasteiger partial charge is 0.384 e. The number of urea groups is 1. The number of nitrogens with two attached hydrogens (primary N) is 1. The molecule has 0 unspecified atom stereocenters. The molecule has 10 nitrogen and oxygen atoms in total. The molecule has 3 N–H and O–H groups in total. The molecule has 4 amide bonds. The minimum atomic E-state index is -0.974. The van der Waals surface area contributed by atoms with Crippen molar-refractivity contribution in [3.05, 3.63) is 70.7 Å². The number of hydrogen-bond donors (Lipinski definition) is 2. The SMILES string of the molecule is CCC[C@@H](NC(=O)N1C(=O)[C@H](Cc2cc(C)nc(N)c2)[C@H]1C(=O)N(C)c1cnn(C)c1)c1cc(C)ccc1C. The highest BCUT2D eigenvalue weighted by atomic mass is 16.2. The normalized spacial score (nSPS) is 17.5. The Morgan fingerprint density at radius 3 is 2.56 bits per heavy atom. The number of anilines is 2. The summed E-state index contributed by atoms with van der Waals surface area (Å²) < 4.78 is 1.59. The van der Waals surface area contributed by atoms with E-state index in [1.807, 2.05) is 45.9 Å². The lowest BCUT2D eigenvalue weighted by Gasteiger charge is -2.46. The summed E-state index contributed by atoms with van der Waals surface area (Å²) in [6.07, 6.45) is 5.09. The summed E-state index contributed by atoms with van der Waals surface area (Å²) in [6.45, 7) is 7.88. The van der Waals surface area contributed by atoms with Crippen LogP contribution in [-0.2, 0) is 23.1 Å². The van der Waals surface area contributed by atoms with Crippen molar-refractivity contribution in [1.82, 2.24) is 25.0 Å². The van der Waals surface area contributed by atoms with Crippen LogP contribution < -0.4 is 16.0 Å². The van der Waals surface area contributed by atoms with E-state index >= 15 is 0 Å². The molecule has 3 aromatic rings.